The first-order valence-electron chi connectivity index (χ1n) is 9.93. The number of hydrogen-bond donors (Lipinski definition) is 1. The lowest BCUT2D eigenvalue weighted by Gasteiger charge is -2.13. The number of carbonyl (C=O) groups excluding carboxylic acids is 1. The fourth-order valence-electron chi connectivity index (χ4n) is 3.56. The van der Waals surface area contributed by atoms with Crippen molar-refractivity contribution in [2.24, 2.45) is 0 Å². The summed E-state index contributed by atoms with van der Waals surface area (Å²) >= 11 is 0. The molecule has 0 radical (unpaired) electrons. The summed E-state index contributed by atoms with van der Waals surface area (Å²) < 4.78 is 3.64. The van der Waals surface area contributed by atoms with Gasteiger partial charge >= 0.3 is 0 Å². The van der Waals surface area contributed by atoms with Crippen LogP contribution < -0.4 is 10.2 Å². The van der Waals surface area contributed by atoms with Crippen molar-refractivity contribution in [1.82, 2.24) is 24.6 Å². The Morgan fingerprint density at radius 1 is 1.10 bits per heavy atom. The van der Waals surface area contributed by atoms with Crippen LogP contribution in [-0.2, 0) is 17.9 Å². The van der Waals surface area contributed by atoms with E-state index in [4.69, 9.17) is 5.10 Å². The predicted octanol–water partition coefficient (Wildman–Crippen LogP) is 3.22. The number of amides is 1. The van der Waals surface area contributed by atoms with E-state index in [2.05, 4.69) is 10.3 Å². The van der Waals surface area contributed by atoms with Gasteiger partial charge in [0.05, 0.1) is 5.39 Å². The summed E-state index contributed by atoms with van der Waals surface area (Å²) in [6, 6.07) is 14.1. The molecular formula is C23H26N6O. The number of aromatic nitrogens is 4. The Morgan fingerprint density at radius 3 is 2.47 bits per heavy atom. The zero-order valence-electron chi connectivity index (χ0n) is 17.8. The van der Waals surface area contributed by atoms with Crippen molar-refractivity contribution in [2.75, 3.05) is 19.0 Å². The normalized spacial score (nSPS) is 11.1. The van der Waals surface area contributed by atoms with Gasteiger partial charge in [0.2, 0.25) is 5.91 Å². The first kappa shape index (κ1) is 19.7. The molecule has 1 aromatic carbocycles. The molecule has 7 heteroatoms. The number of pyridine rings is 1. The van der Waals surface area contributed by atoms with Crippen LogP contribution in [0.2, 0.25) is 0 Å². The Balaban J connectivity index is 1.55. The average Bonchev–Trinajstić information content (AvgIpc) is 3.35. The Bertz CT molecular complexity index is 1170. The molecule has 0 spiro atoms. The number of nitrogens with zero attached hydrogens (tertiary/aromatic N) is 5. The second-order valence-corrected chi connectivity index (χ2v) is 7.69. The van der Waals surface area contributed by atoms with Crippen molar-refractivity contribution in [2.45, 2.75) is 26.9 Å². The van der Waals surface area contributed by atoms with Crippen molar-refractivity contribution in [3.8, 4) is 5.82 Å². The number of rotatable bonds is 6. The third kappa shape index (κ3) is 3.91. The second-order valence-electron chi connectivity index (χ2n) is 7.69. The van der Waals surface area contributed by atoms with Crippen LogP contribution in [0.15, 0.2) is 54.9 Å². The molecule has 0 bridgehead atoms. The molecule has 30 heavy (non-hydrogen) atoms. The van der Waals surface area contributed by atoms with E-state index < -0.39 is 0 Å². The molecule has 3 heterocycles. The molecule has 4 aromatic rings. The van der Waals surface area contributed by atoms with Crippen LogP contribution in [0.4, 0.5) is 5.69 Å². The smallest absolute Gasteiger partial charge is 0.242 e. The van der Waals surface area contributed by atoms with Crippen LogP contribution in [0.25, 0.3) is 16.9 Å². The van der Waals surface area contributed by atoms with Gasteiger partial charge in [-0.1, -0.05) is 12.1 Å². The average molecular weight is 403 g/mol. The van der Waals surface area contributed by atoms with E-state index >= 15 is 0 Å². The number of aryl methyl sites for hydroxylation is 2. The van der Waals surface area contributed by atoms with Crippen molar-refractivity contribution >= 4 is 22.6 Å². The summed E-state index contributed by atoms with van der Waals surface area (Å²) in [4.78, 5) is 19.4. The number of fused-ring (bicyclic) bond motifs is 1. The first-order chi connectivity index (χ1) is 14.4. The van der Waals surface area contributed by atoms with Gasteiger partial charge in [0.15, 0.2) is 11.5 Å². The maximum absolute atomic E-state index is 12.7. The molecule has 1 amide bonds. The quantitative estimate of drug-likeness (QED) is 0.538. The van der Waals surface area contributed by atoms with Crippen molar-refractivity contribution in [1.29, 1.82) is 0 Å². The summed E-state index contributed by atoms with van der Waals surface area (Å²) in [5.74, 6) is 0.683. The van der Waals surface area contributed by atoms with Gasteiger partial charge < -0.3 is 14.8 Å². The molecule has 0 unspecified atom stereocenters. The Hall–Kier alpha value is -3.61. The minimum Gasteiger partial charge on any atom is -0.378 e. The Morgan fingerprint density at radius 2 is 1.80 bits per heavy atom. The standard InChI is InChI=1S/C23H26N6O/c1-16-13-17(2)25-22-21(16)23(28-11-5-6-12-28)26-29(22)15-20(30)24-14-18-7-9-19(10-8-18)27(3)4/h5-13H,14-15H2,1-4H3,(H,24,30). The van der Waals surface area contributed by atoms with Crippen LogP contribution in [-0.4, -0.2) is 39.3 Å². The first-order valence-corrected chi connectivity index (χ1v) is 9.93. The number of carbonyl (C=O) groups is 1. The van der Waals surface area contributed by atoms with Gasteiger partial charge in [0.25, 0.3) is 0 Å². The molecule has 0 saturated carbocycles. The lowest BCUT2D eigenvalue weighted by atomic mass is 10.2. The highest BCUT2D eigenvalue weighted by atomic mass is 16.2. The molecule has 0 fully saturated rings. The van der Waals surface area contributed by atoms with E-state index in [9.17, 15) is 4.79 Å². The molecule has 4 rings (SSSR count). The second kappa shape index (κ2) is 8.02. The van der Waals surface area contributed by atoms with Crippen LogP contribution in [0, 0.1) is 13.8 Å². The fourth-order valence-corrected chi connectivity index (χ4v) is 3.56. The summed E-state index contributed by atoms with van der Waals surface area (Å²) in [5.41, 5.74) is 4.90. The largest absolute Gasteiger partial charge is 0.378 e. The number of benzene rings is 1. The van der Waals surface area contributed by atoms with Crippen LogP contribution in [0.1, 0.15) is 16.8 Å². The highest BCUT2D eigenvalue weighted by molar-refractivity contribution is 5.88. The topological polar surface area (TPSA) is 68.0 Å². The van der Waals surface area contributed by atoms with Gasteiger partial charge in [-0.05, 0) is 55.3 Å². The van der Waals surface area contributed by atoms with Crippen molar-refractivity contribution in [3.63, 3.8) is 0 Å². The van der Waals surface area contributed by atoms with E-state index in [0.29, 0.717) is 6.54 Å². The number of hydrogen-bond acceptors (Lipinski definition) is 4. The SMILES string of the molecule is Cc1cc(C)c2c(-n3cccc3)nn(CC(=O)NCc3ccc(N(C)C)cc3)c2n1. The van der Waals surface area contributed by atoms with Gasteiger partial charge in [-0.3, -0.25) is 4.79 Å². The summed E-state index contributed by atoms with van der Waals surface area (Å²) in [5, 5.41) is 8.66. The third-order valence-electron chi connectivity index (χ3n) is 5.09. The zero-order valence-corrected chi connectivity index (χ0v) is 17.8. The molecule has 0 saturated heterocycles. The highest BCUT2D eigenvalue weighted by Crippen LogP contribution is 2.25. The number of anilines is 1. The van der Waals surface area contributed by atoms with Gasteiger partial charge in [0, 0.05) is 44.4 Å². The van der Waals surface area contributed by atoms with Gasteiger partial charge in [0.1, 0.15) is 6.54 Å². The maximum atomic E-state index is 12.7. The van der Waals surface area contributed by atoms with Gasteiger partial charge in [-0.2, -0.15) is 5.10 Å². The third-order valence-corrected chi connectivity index (χ3v) is 5.09. The van der Waals surface area contributed by atoms with Gasteiger partial charge in [-0.15, -0.1) is 0 Å². The maximum Gasteiger partial charge on any atom is 0.242 e. The molecule has 3 aromatic heterocycles. The van der Waals surface area contributed by atoms with Crippen LogP contribution >= 0.6 is 0 Å². The molecule has 154 valence electrons. The molecule has 7 nitrogen and oxygen atoms in total. The molecule has 0 aliphatic heterocycles. The minimum atomic E-state index is -0.101. The lowest BCUT2D eigenvalue weighted by Crippen LogP contribution is -2.27. The fraction of sp³-hybridized carbons (Fsp3) is 0.261. The van der Waals surface area contributed by atoms with E-state index in [1.54, 1.807) is 4.68 Å². The van der Waals surface area contributed by atoms with Gasteiger partial charge in [-0.25, -0.2) is 9.67 Å². The molecule has 0 aliphatic carbocycles. The summed E-state index contributed by atoms with van der Waals surface area (Å²) in [6.07, 6.45) is 3.89. The zero-order chi connectivity index (χ0) is 21.3. The van der Waals surface area contributed by atoms with E-state index in [0.717, 1.165) is 39.4 Å². The van der Waals surface area contributed by atoms with E-state index in [-0.39, 0.29) is 12.5 Å². The lowest BCUT2D eigenvalue weighted by molar-refractivity contribution is -0.121. The van der Waals surface area contributed by atoms with Crippen LogP contribution in [0.5, 0.6) is 0 Å². The highest BCUT2D eigenvalue weighted by Gasteiger charge is 2.17. The van der Waals surface area contributed by atoms with E-state index in [1.165, 1.54) is 0 Å². The Kier molecular flexibility index (Phi) is 5.27. The van der Waals surface area contributed by atoms with Crippen molar-refractivity contribution < 1.29 is 4.79 Å². The van der Waals surface area contributed by atoms with Crippen molar-refractivity contribution in [3.05, 3.63) is 71.7 Å². The predicted molar refractivity (Wildman–Crippen MR) is 119 cm³/mol. The number of nitrogens with one attached hydrogen (secondary N) is 1. The molecule has 0 aliphatic rings. The molecule has 1 N–H and O–H groups in total. The summed E-state index contributed by atoms with van der Waals surface area (Å²) in [7, 11) is 4.01. The summed E-state index contributed by atoms with van der Waals surface area (Å²) in [6.45, 7) is 4.59. The van der Waals surface area contributed by atoms with Crippen LogP contribution in [0.3, 0.4) is 0 Å². The minimum absolute atomic E-state index is 0.101. The van der Waals surface area contributed by atoms with E-state index in [1.807, 2.05) is 92.3 Å². The molecule has 0 atom stereocenters. The monoisotopic (exact) mass is 402 g/mol. The molecular weight excluding hydrogens is 376 g/mol. The Labute approximate surface area is 175 Å².